The number of nitrogens with zero attached hydrogens (tertiary/aromatic N) is 1. The van der Waals surface area contributed by atoms with Crippen LogP contribution >= 0.6 is 0 Å². The van der Waals surface area contributed by atoms with Gasteiger partial charge in [-0.1, -0.05) is 54.1 Å². The second-order valence-electron chi connectivity index (χ2n) is 8.49. The Bertz CT molecular complexity index is 1210. The average Bonchev–Trinajstić information content (AvgIpc) is 2.82. The summed E-state index contributed by atoms with van der Waals surface area (Å²) in [5.74, 6) is 0.00557. The highest BCUT2D eigenvalue weighted by Crippen LogP contribution is 2.33. The minimum Gasteiger partial charge on any atom is -0.495 e. The Morgan fingerprint density at radius 2 is 1.62 bits per heavy atom. The third-order valence-corrected chi connectivity index (χ3v) is 7.39. The molecule has 1 amide bonds. The summed E-state index contributed by atoms with van der Waals surface area (Å²) in [7, 11) is -2.53. The maximum atomic E-state index is 13.6. The van der Waals surface area contributed by atoms with Crippen molar-refractivity contribution in [2.75, 3.05) is 18.0 Å². The fourth-order valence-electron chi connectivity index (χ4n) is 3.68. The van der Waals surface area contributed by atoms with Gasteiger partial charge >= 0.3 is 0 Å². The Morgan fingerprint density at radius 3 is 2.26 bits per heavy atom. The van der Waals surface area contributed by atoms with Gasteiger partial charge in [-0.3, -0.25) is 9.10 Å². The van der Waals surface area contributed by atoms with E-state index < -0.39 is 10.0 Å². The van der Waals surface area contributed by atoms with E-state index in [1.54, 1.807) is 36.4 Å². The third-order valence-electron chi connectivity index (χ3n) is 5.62. The smallest absolute Gasteiger partial charge is 0.264 e. The van der Waals surface area contributed by atoms with Gasteiger partial charge in [-0.05, 0) is 69.0 Å². The lowest BCUT2D eigenvalue weighted by atomic mass is 10.1. The first-order valence-corrected chi connectivity index (χ1v) is 12.7. The van der Waals surface area contributed by atoms with Gasteiger partial charge in [0.2, 0.25) is 5.91 Å². The van der Waals surface area contributed by atoms with E-state index in [4.69, 9.17) is 4.74 Å². The highest BCUT2D eigenvalue weighted by molar-refractivity contribution is 7.92. The Morgan fingerprint density at radius 1 is 0.971 bits per heavy atom. The van der Waals surface area contributed by atoms with Crippen LogP contribution in [-0.2, 0) is 21.2 Å². The molecule has 0 radical (unpaired) electrons. The van der Waals surface area contributed by atoms with E-state index in [0.717, 1.165) is 28.3 Å². The summed E-state index contributed by atoms with van der Waals surface area (Å²) < 4.78 is 33.9. The van der Waals surface area contributed by atoms with Gasteiger partial charge in [-0.25, -0.2) is 8.42 Å². The van der Waals surface area contributed by atoms with Crippen LogP contribution in [0.4, 0.5) is 5.69 Å². The maximum Gasteiger partial charge on any atom is 0.264 e. The number of anilines is 1. The number of carbonyl (C=O) groups excluding carboxylic acids is 1. The molecular weight excluding hydrogens is 448 g/mol. The quantitative estimate of drug-likeness (QED) is 0.459. The van der Waals surface area contributed by atoms with Gasteiger partial charge in [0.05, 0.1) is 17.7 Å². The number of amides is 1. The van der Waals surface area contributed by atoms with E-state index in [0.29, 0.717) is 11.4 Å². The molecule has 0 saturated carbocycles. The van der Waals surface area contributed by atoms with E-state index in [2.05, 4.69) is 17.4 Å². The van der Waals surface area contributed by atoms with Gasteiger partial charge in [0.15, 0.2) is 0 Å². The van der Waals surface area contributed by atoms with Crippen LogP contribution in [0.2, 0.25) is 0 Å². The van der Waals surface area contributed by atoms with Crippen LogP contribution in [-0.4, -0.2) is 34.0 Å². The zero-order valence-electron chi connectivity index (χ0n) is 20.1. The van der Waals surface area contributed by atoms with Gasteiger partial charge in [0, 0.05) is 6.04 Å². The van der Waals surface area contributed by atoms with Crippen molar-refractivity contribution in [2.45, 2.75) is 44.6 Å². The first-order valence-electron chi connectivity index (χ1n) is 11.3. The Labute approximate surface area is 202 Å². The van der Waals surface area contributed by atoms with Crippen molar-refractivity contribution >= 4 is 21.6 Å². The van der Waals surface area contributed by atoms with Gasteiger partial charge in [0.25, 0.3) is 10.0 Å². The van der Waals surface area contributed by atoms with Gasteiger partial charge in [-0.2, -0.15) is 0 Å². The number of nitrogens with one attached hydrogen (secondary N) is 1. The lowest BCUT2D eigenvalue weighted by molar-refractivity contribution is -0.120. The van der Waals surface area contributed by atoms with Crippen molar-refractivity contribution in [1.82, 2.24) is 5.32 Å². The molecule has 3 aromatic rings. The average molecular weight is 481 g/mol. The molecule has 3 aromatic carbocycles. The maximum absolute atomic E-state index is 13.6. The van der Waals surface area contributed by atoms with Crippen LogP contribution in [0.3, 0.4) is 0 Å². The zero-order valence-corrected chi connectivity index (χ0v) is 20.9. The van der Waals surface area contributed by atoms with Crippen LogP contribution in [0.15, 0.2) is 77.7 Å². The number of rotatable bonds is 10. The van der Waals surface area contributed by atoms with E-state index in [9.17, 15) is 13.2 Å². The largest absolute Gasteiger partial charge is 0.495 e. The van der Waals surface area contributed by atoms with Crippen molar-refractivity contribution in [3.8, 4) is 5.75 Å². The van der Waals surface area contributed by atoms with Crippen molar-refractivity contribution in [1.29, 1.82) is 0 Å². The molecular formula is C27H32N2O4S. The molecule has 0 saturated heterocycles. The second kappa shape index (κ2) is 11.2. The Kier molecular flexibility index (Phi) is 8.34. The second-order valence-corrected chi connectivity index (χ2v) is 10.4. The highest BCUT2D eigenvalue weighted by Gasteiger charge is 2.30. The van der Waals surface area contributed by atoms with Crippen molar-refractivity contribution in [3.05, 3.63) is 89.5 Å². The third kappa shape index (κ3) is 6.38. The fraction of sp³-hybridized carbons (Fsp3) is 0.296. The number of methoxy groups -OCH3 is 1. The van der Waals surface area contributed by atoms with E-state index in [1.807, 2.05) is 45.0 Å². The molecule has 7 heteroatoms. The van der Waals surface area contributed by atoms with Crippen LogP contribution in [0.1, 0.15) is 30.0 Å². The lowest BCUT2D eigenvalue weighted by Crippen LogP contribution is -2.43. The number of ether oxygens (including phenoxy) is 1. The lowest BCUT2D eigenvalue weighted by Gasteiger charge is -2.27. The summed E-state index contributed by atoms with van der Waals surface area (Å²) in [6.45, 7) is 5.33. The van der Waals surface area contributed by atoms with E-state index >= 15 is 0 Å². The molecule has 3 rings (SSSR count). The van der Waals surface area contributed by atoms with Gasteiger partial charge in [0.1, 0.15) is 12.3 Å². The number of aryl methyl sites for hydroxylation is 3. The summed E-state index contributed by atoms with van der Waals surface area (Å²) in [5.41, 5.74) is 3.33. The number of hydrogen-bond donors (Lipinski definition) is 1. The molecule has 6 nitrogen and oxygen atoms in total. The molecule has 0 bridgehead atoms. The predicted octanol–water partition coefficient (Wildman–Crippen LogP) is 4.64. The zero-order chi connectivity index (χ0) is 24.7. The van der Waals surface area contributed by atoms with Crippen LogP contribution in [0, 0.1) is 13.8 Å². The minimum absolute atomic E-state index is 0.115. The van der Waals surface area contributed by atoms with E-state index in [1.165, 1.54) is 12.7 Å². The SMILES string of the molecule is COc1ccc(C)cc1N(CC(=O)N[C@@H](C)CCc1ccccc1)S(=O)(=O)c1ccc(C)cc1. The molecule has 0 fully saturated rings. The minimum atomic E-state index is -4.01. The van der Waals surface area contributed by atoms with Crippen LogP contribution in [0.25, 0.3) is 0 Å². The molecule has 34 heavy (non-hydrogen) atoms. The number of benzene rings is 3. The van der Waals surface area contributed by atoms with Gasteiger partial charge < -0.3 is 10.1 Å². The Balaban J connectivity index is 1.84. The molecule has 180 valence electrons. The first kappa shape index (κ1) is 25.3. The molecule has 1 N–H and O–H groups in total. The number of sulfonamides is 1. The van der Waals surface area contributed by atoms with Crippen LogP contribution in [0.5, 0.6) is 5.75 Å². The van der Waals surface area contributed by atoms with Crippen LogP contribution < -0.4 is 14.4 Å². The van der Waals surface area contributed by atoms with Crippen molar-refractivity contribution in [2.24, 2.45) is 0 Å². The Hall–Kier alpha value is -3.32. The van der Waals surface area contributed by atoms with E-state index in [-0.39, 0.29) is 23.4 Å². The molecule has 0 unspecified atom stereocenters. The molecule has 0 aliphatic carbocycles. The summed E-state index contributed by atoms with van der Waals surface area (Å²) in [6.07, 6.45) is 1.56. The molecule has 0 heterocycles. The summed E-state index contributed by atoms with van der Waals surface area (Å²) in [6, 6.07) is 21.8. The predicted molar refractivity (Wildman–Crippen MR) is 136 cm³/mol. The molecule has 0 spiro atoms. The summed E-state index contributed by atoms with van der Waals surface area (Å²) in [5, 5.41) is 2.95. The molecule has 1 atom stereocenters. The number of carbonyl (C=O) groups is 1. The van der Waals surface area contributed by atoms with Crippen molar-refractivity contribution in [3.63, 3.8) is 0 Å². The topological polar surface area (TPSA) is 75.7 Å². The first-order chi connectivity index (χ1) is 16.2. The van der Waals surface area contributed by atoms with Crippen molar-refractivity contribution < 1.29 is 17.9 Å². The normalized spacial score (nSPS) is 12.1. The summed E-state index contributed by atoms with van der Waals surface area (Å²) >= 11 is 0. The highest BCUT2D eigenvalue weighted by atomic mass is 32.2. The fourth-order valence-corrected chi connectivity index (χ4v) is 5.11. The standard InChI is InChI=1S/C27H32N2O4S/c1-20-10-15-24(16-11-20)34(31,32)29(25-18-21(2)12-17-26(25)33-4)19-27(30)28-22(3)13-14-23-8-6-5-7-9-23/h5-12,15-18,22H,13-14,19H2,1-4H3,(H,28,30)/t22-/m0/s1. The molecule has 0 aromatic heterocycles. The summed E-state index contributed by atoms with van der Waals surface area (Å²) in [4.78, 5) is 13.1. The van der Waals surface area contributed by atoms with Gasteiger partial charge in [-0.15, -0.1) is 0 Å². The molecule has 0 aliphatic heterocycles. The number of hydrogen-bond acceptors (Lipinski definition) is 4. The monoisotopic (exact) mass is 480 g/mol. The molecule has 0 aliphatic rings.